The molecule has 1 aliphatic rings. The van der Waals surface area contributed by atoms with Gasteiger partial charge in [0, 0.05) is 17.8 Å². The van der Waals surface area contributed by atoms with Crippen molar-refractivity contribution in [3.05, 3.63) is 111 Å². The number of aromatic nitrogens is 5. The van der Waals surface area contributed by atoms with Crippen LogP contribution in [0.15, 0.2) is 71.5 Å². The van der Waals surface area contributed by atoms with Gasteiger partial charge in [0.1, 0.15) is 11.8 Å². The summed E-state index contributed by atoms with van der Waals surface area (Å²) < 4.78 is 7.09. The number of pyridine rings is 1. The minimum atomic E-state index is -0.452. The molecule has 5 aromatic rings. The number of hydrogen-bond donors (Lipinski definition) is 1. The number of aryl methyl sites for hydroxylation is 2. The van der Waals surface area contributed by atoms with Crippen molar-refractivity contribution in [1.82, 2.24) is 25.2 Å². The number of anilines is 1. The first-order valence-corrected chi connectivity index (χ1v) is 12.4. The fourth-order valence-corrected chi connectivity index (χ4v) is 5.25. The van der Waals surface area contributed by atoms with E-state index in [1.807, 2.05) is 43.3 Å². The number of tetrazole rings is 1. The van der Waals surface area contributed by atoms with E-state index in [0.29, 0.717) is 17.9 Å². The molecule has 1 unspecified atom stereocenters. The zero-order valence-electron chi connectivity index (χ0n) is 21.1. The summed E-state index contributed by atoms with van der Waals surface area (Å²) in [5.41, 5.74) is 6.97. The summed E-state index contributed by atoms with van der Waals surface area (Å²) >= 11 is 0. The van der Waals surface area contributed by atoms with E-state index in [1.165, 1.54) is 5.56 Å². The molecule has 37 heavy (non-hydrogen) atoms. The molecule has 0 saturated carbocycles. The third kappa shape index (κ3) is 4.04. The zero-order valence-corrected chi connectivity index (χ0v) is 21.1. The van der Waals surface area contributed by atoms with Crippen molar-refractivity contribution in [2.75, 3.05) is 18.6 Å². The third-order valence-electron chi connectivity index (χ3n) is 7.40. The number of benzene rings is 3. The summed E-state index contributed by atoms with van der Waals surface area (Å²) in [5.74, 6) is 1.42. The van der Waals surface area contributed by atoms with Crippen LogP contribution < -0.4 is 15.2 Å². The predicted octanol–water partition coefficient (Wildman–Crippen LogP) is 4.34. The van der Waals surface area contributed by atoms with Crippen molar-refractivity contribution in [2.45, 2.75) is 32.9 Å². The number of nitrogens with zero attached hydrogens (tertiary/aromatic N) is 5. The highest BCUT2D eigenvalue weighted by molar-refractivity contribution is 5.83. The molecule has 0 radical (unpaired) electrons. The van der Waals surface area contributed by atoms with Crippen molar-refractivity contribution in [1.29, 1.82) is 0 Å². The Morgan fingerprint density at radius 1 is 1.05 bits per heavy atom. The Balaban J connectivity index is 1.50. The lowest BCUT2D eigenvalue weighted by molar-refractivity contribution is 0.414. The Morgan fingerprint density at radius 2 is 1.86 bits per heavy atom. The van der Waals surface area contributed by atoms with Crippen molar-refractivity contribution in [3.8, 4) is 5.75 Å². The largest absolute Gasteiger partial charge is 0.497 e. The van der Waals surface area contributed by atoms with Gasteiger partial charge >= 0.3 is 0 Å². The van der Waals surface area contributed by atoms with E-state index in [2.05, 4.69) is 62.7 Å². The zero-order chi connectivity index (χ0) is 25.5. The molecule has 0 fully saturated rings. The summed E-state index contributed by atoms with van der Waals surface area (Å²) in [4.78, 5) is 19.1. The third-order valence-corrected chi connectivity index (χ3v) is 7.40. The SMILES string of the molecule is COc1ccc(Cn2nnnc2C(c2cc3ccc(C)c(C)c3[nH]c2=O)N2CCc3ccccc32)cc1. The van der Waals surface area contributed by atoms with Gasteiger partial charge in [0.2, 0.25) is 0 Å². The van der Waals surface area contributed by atoms with Crippen LogP contribution in [0.3, 0.4) is 0 Å². The first kappa shape index (κ1) is 23.0. The van der Waals surface area contributed by atoms with Crippen molar-refractivity contribution >= 4 is 16.6 Å². The molecule has 0 bridgehead atoms. The number of methoxy groups -OCH3 is 1. The molecule has 3 aromatic carbocycles. The van der Waals surface area contributed by atoms with E-state index in [4.69, 9.17) is 4.74 Å². The number of ether oxygens (including phenoxy) is 1. The van der Waals surface area contributed by atoms with Crippen LogP contribution in [-0.2, 0) is 13.0 Å². The number of hydrogen-bond acceptors (Lipinski definition) is 6. The van der Waals surface area contributed by atoms with Gasteiger partial charge < -0.3 is 14.6 Å². The average molecular weight is 493 g/mol. The Hall–Kier alpha value is -4.46. The molecule has 0 aliphatic carbocycles. The fraction of sp³-hybridized carbons (Fsp3) is 0.241. The Labute approximate surface area is 214 Å². The molecule has 1 atom stereocenters. The molecule has 3 heterocycles. The van der Waals surface area contributed by atoms with Crippen LogP contribution in [0.1, 0.15) is 39.7 Å². The Morgan fingerprint density at radius 3 is 2.68 bits per heavy atom. The smallest absolute Gasteiger partial charge is 0.254 e. The molecular formula is C29H28N6O2. The summed E-state index contributed by atoms with van der Waals surface area (Å²) in [6, 6.07) is 21.9. The van der Waals surface area contributed by atoms with Gasteiger partial charge in [-0.2, -0.15) is 0 Å². The molecule has 0 saturated heterocycles. The van der Waals surface area contributed by atoms with Crippen LogP contribution in [0.5, 0.6) is 5.75 Å². The van der Waals surface area contributed by atoms with E-state index >= 15 is 0 Å². The summed E-state index contributed by atoms with van der Waals surface area (Å²) in [7, 11) is 1.65. The number of fused-ring (bicyclic) bond motifs is 2. The molecule has 6 rings (SSSR count). The number of aromatic amines is 1. The molecule has 0 amide bonds. The van der Waals surface area contributed by atoms with Gasteiger partial charge in [-0.05, 0) is 82.6 Å². The normalized spacial score (nSPS) is 13.6. The lowest BCUT2D eigenvalue weighted by atomic mass is 10.00. The number of rotatable bonds is 6. The second-order valence-corrected chi connectivity index (χ2v) is 9.54. The molecule has 1 aliphatic heterocycles. The molecule has 0 spiro atoms. The van der Waals surface area contributed by atoms with Crippen molar-refractivity contribution in [3.63, 3.8) is 0 Å². The number of nitrogens with one attached hydrogen (secondary N) is 1. The predicted molar refractivity (Wildman–Crippen MR) is 143 cm³/mol. The molecular weight excluding hydrogens is 464 g/mol. The van der Waals surface area contributed by atoms with Crippen LogP contribution in [-0.4, -0.2) is 38.8 Å². The maximum absolute atomic E-state index is 13.7. The highest BCUT2D eigenvalue weighted by Crippen LogP contribution is 2.37. The van der Waals surface area contributed by atoms with Gasteiger partial charge in [-0.1, -0.05) is 42.5 Å². The quantitative estimate of drug-likeness (QED) is 0.379. The van der Waals surface area contributed by atoms with Gasteiger partial charge in [0.05, 0.1) is 19.2 Å². The average Bonchev–Trinajstić information content (AvgIpc) is 3.55. The van der Waals surface area contributed by atoms with E-state index in [1.54, 1.807) is 11.8 Å². The van der Waals surface area contributed by atoms with Gasteiger partial charge in [-0.25, -0.2) is 4.68 Å². The second kappa shape index (κ2) is 9.20. The van der Waals surface area contributed by atoms with Crippen LogP contribution >= 0.6 is 0 Å². The Bertz CT molecular complexity index is 1650. The highest BCUT2D eigenvalue weighted by atomic mass is 16.5. The van der Waals surface area contributed by atoms with Crippen LogP contribution in [0.2, 0.25) is 0 Å². The number of H-pyrrole nitrogens is 1. The Kier molecular flexibility index (Phi) is 5.71. The summed E-state index contributed by atoms with van der Waals surface area (Å²) in [6.07, 6.45) is 0.899. The van der Waals surface area contributed by atoms with Crippen molar-refractivity contribution in [2.24, 2.45) is 0 Å². The van der Waals surface area contributed by atoms with Gasteiger partial charge in [-0.3, -0.25) is 4.79 Å². The minimum Gasteiger partial charge on any atom is -0.497 e. The minimum absolute atomic E-state index is 0.130. The van der Waals surface area contributed by atoms with Crippen LogP contribution in [0.25, 0.3) is 10.9 Å². The first-order valence-electron chi connectivity index (χ1n) is 12.4. The highest BCUT2D eigenvalue weighted by Gasteiger charge is 2.34. The first-order chi connectivity index (χ1) is 18.0. The lowest BCUT2D eigenvalue weighted by Gasteiger charge is -2.29. The standard InChI is InChI=1S/C29H28N6O2/c1-18-8-11-22-16-24(29(36)30-26(22)19(18)2)27(34-15-14-21-6-4-5-7-25(21)34)28-31-32-33-35(28)17-20-9-12-23(37-3)13-10-20/h4-13,16,27H,14-15,17H2,1-3H3,(H,30,36). The summed E-state index contributed by atoms with van der Waals surface area (Å²) in [6.45, 7) is 5.33. The van der Waals surface area contributed by atoms with E-state index in [0.717, 1.165) is 52.0 Å². The molecule has 1 N–H and O–H groups in total. The van der Waals surface area contributed by atoms with Gasteiger partial charge in [0.25, 0.3) is 5.56 Å². The topological polar surface area (TPSA) is 88.9 Å². The van der Waals surface area contributed by atoms with E-state index in [9.17, 15) is 4.79 Å². The summed E-state index contributed by atoms with van der Waals surface area (Å²) in [5, 5.41) is 13.8. The van der Waals surface area contributed by atoms with Crippen LogP contribution in [0, 0.1) is 13.8 Å². The number of para-hydroxylation sites is 1. The fourth-order valence-electron chi connectivity index (χ4n) is 5.25. The maximum Gasteiger partial charge on any atom is 0.254 e. The lowest BCUT2D eigenvalue weighted by Crippen LogP contribution is -2.34. The molecule has 8 heteroatoms. The van der Waals surface area contributed by atoms with E-state index in [-0.39, 0.29) is 5.56 Å². The second-order valence-electron chi connectivity index (χ2n) is 9.54. The molecule has 8 nitrogen and oxygen atoms in total. The van der Waals surface area contributed by atoms with Gasteiger partial charge in [-0.15, -0.1) is 5.10 Å². The monoisotopic (exact) mass is 492 g/mol. The van der Waals surface area contributed by atoms with Gasteiger partial charge in [0.15, 0.2) is 5.82 Å². The van der Waals surface area contributed by atoms with Crippen molar-refractivity contribution < 1.29 is 4.74 Å². The van der Waals surface area contributed by atoms with E-state index < -0.39 is 6.04 Å². The maximum atomic E-state index is 13.7. The molecule has 186 valence electrons. The van der Waals surface area contributed by atoms with Crippen LogP contribution in [0.4, 0.5) is 5.69 Å². The molecule has 2 aromatic heterocycles.